The lowest BCUT2D eigenvalue weighted by atomic mass is 10.1. The summed E-state index contributed by atoms with van der Waals surface area (Å²) in [7, 11) is 0. The van der Waals surface area contributed by atoms with Crippen molar-refractivity contribution in [2.45, 2.75) is 0 Å². The Labute approximate surface area is 170 Å². The Kier molecular flexibility index (Phi) is 6.49. The zero-order chi connectivity index (χ0) is 20.6. The summed E-state index contributed by atoms with van der Waals surface area (Å²) in [5, 5.41) is 5.10. The van der Waals surface area contributed by atoms with Crippen LogP contribution in [0.1, 0.15) is 20.7 Å². The fourth-order valence-electron chi connectivity index (χ4n) is 2.35. The number of anilines is 2. The molecule has 0 aliphatic heterocycles. The van der Waals surface area contributed by atoms with Crippen molar-refractivity contribution in [3.63, 3.8) is 0 Å². The summed E-state index contributed by atoms with van der Waals surface area (Å²) in [5.41, 5.74) is 0.527. The maximum Gasteiger partial charge on any atom is 0.342 e. The zero-order valence-electron chi connectivity index (χ0n) is 15.0. The van der Waals surface area contributed by atoms with E-state index in [-0.39, 0.29) is 22.2 Å². The van der Waals surface area contributed by atoms with Gasteiger partial charge in [-0.1, -0.05) is 35.9 Å². The Balaban J connectivity index is 1.68. The van der Waals surface area contributed by atoms with E-state index in [1.165, 1.54) is 24.5 Å². The van der Waals surface area contributed by atoms with Gasteiger partial charge in [0, 0.05) is 18.0 Å². The van der Waals surface area contributed by atoms with E-state index in [2.05, 4.69) is 20.6 Å². The Bertz CT molecular complexity index is 1030. The topological polar surface area (TPSA) is 110 Å². The molecule has 0 saturated carbocycles. The quantitative estimate of drug-likeness (QED) is 0.604. The number of nitrogens with zero attached hydrogens (tertiary/aromatic N) is 2. The van der Waals surface area contributed by atoms with Crippen LogP contribution in [0.15, 0.2) is 67.0 Å². The lowest BCUT2D eigenvalue weighted by Gasteiger charge is -2.12. The highest BCUT2D eigenvalue weighted by molar-refractivity contribution is 6.34. The highest BCUT2D eigenvalue weighted by atomic mass is 35.5. The zero-order valence-corrected chi connectivity index (χ0v) is 15.7. The van der Waals surface area contributed by atoms with Gasteiger partial charge in [-0.3, -0.25) is 14.9 Å². The first-order valence-corrected chi connectivity index (χ1v) is 8.81. The van der Waals surface area contributed by atoms with Gasteiger partial charge >= 0.3 is 5.97 Å². The molecule has 0 unspecified atom stereocenters. The predicted molar refractivity (Wildman–Crippen MR) is 107 cm³/mol. The Morgan fingerprint density at radius 1 is 0.897 bits per heavy atom. The fourth-order valence-corrected chi connectivity index (χ4v) is 2.60. The molecule has 0 bridgehead atoms. The van der Waals surface area contributed by atoms with E-state index in [9.17, 15) is 14.4 Å². The molecule has 0 aliphatic rings. The SMILES string of the molecule is O=C(COC(=O)c1c(Cl)cccc1NC(=O)c1ccccc1)Nc1ncccn1. The number of halogens is 1. The van der Waals surface area contributed by atoms with E-state index in [1.807, 2.05) is 0 Å². The van der Waals surface area contributed by atoms with E-state index < -0.39 is 24.4 Å². The standard InChI is InChI=1S/C20H15ClN4O4/c21-14-8-4-9-15(24-18(27)13-6-2-1-3-7-13)17(14)19(28)29-12-16(26)25-20-22-10-5-11-23-20/h1-11H,12H2,(H,24,27)(H,22,23,25,26). The molecule has 3 aromatic rings. The van der Waals surface area contributed by atoms with E-state index in [4.69, 9.17) is 16.3 Å². The second-order valence-corrected chi connectivity index (χ2v) is 6.09. The van der Waals surface area contributed by atoms with Gasteiger partial charge < -0.3 is 10.1 Å². The number of aromatic nitrogens is 2. The first-order valence-electron chi connectivity index (χ1n) is 8.43. The molecule has 2 aromatic carbocycles. The molecule has 0 saturated heterocycles. The molecular weight excluding hydrogens is 396 g/mol. The van der Waals surface area contributed by atoms with Crippen LogP contribution in [0.5, 0.6) is 0 Å². The number of benzene rings is 2. The highest BCUT2D eigenvalue weighted by Gasteiger charge is 2.20. The predicted octanol–water partition coefficient (Wildman–Crippen LogP) is 3.18. The number of amides is 2. The molecule has 0 radical (unpaired) electrons. The Morgan fingerprint density at radius 3 is 2.34 bits per heavy atom. The molecule has 3 rings (SSSR count). The molecule has 9 heteroatoms. The molecule has 0 spiro atoms. The third kappa shape index (κ3) is 5.36. The van der Waals surface area contributed by atoms with Gasteiger partial charge in [-0.15, -0.1) is 0 Å². The van der Waals surface area contributed by atoms with Crippen molar-refractivity contribution in [3.05, 3.63) is 83.1 Å². The molecule has 0 atom stereocenters. The summed E-state index contributed by atoms with van der Waals surface area (Å²) in [6.45, 7) is -0.575. The summed E-state index contributed by atoms with van der Waals surface area (Å²) in [4.78, 5) is 44.5. The van der Waals surface area contributed by atoms with Crippen molar-refractivity contribution in [1.82, 2.24) is 9.97 Å². The van der Waals surface area contributed by atoms with Gasteiger partial charge in [-0.25, -0.2) is 14.8 Å². The van der Waals surface area contributed by atoms with Crippen LogP contribution in [0.2, 0.25) is 5.02 Å². The summed E-state index contributed by atoms with van der Waals surface area (Å²) < 4.78 is 5.03. The van der Waals surface area contributed by atoms with E-state index in [0.29, 0.717) is 5.56 Å². The fraction of sp³-hybridized carbons (Fsp3) is 0.0500. The summed E-state index contributed by atoms with van der Waals surface area (Å²) >= 11 is 6.13. The number of carbonyl (C=O) groups excluding carboxylic acids is 3. The largest absolute Gasteiger partial charge is 0.452 e. The Morgan fingerprint density at radius 2 is 1.62 bits per heavy atom. The Hall–Kier alpha value is -3.78. The van der Waals surface area contributed by atoms with Crippen LogP contribution in [0, 0.1) is 0 Å². The van der Waals surface area contributed by atoms with Gasteiger partial charge in [0.25, 0.3) is 11.8 Å². The molecule has 146 valence electrons. The summed E-state index contributed by atoms with van der Waals surface area (Å²) in [5.74, 6) is -1.81. The van der Waals surface area contributed by atoms with Crippen molar-refractivity contribution in [1.29, 1.82) is 0 Å². The lowest BCUT2D eigenvalue weighted by Crippen LogP contribution is -2.23. The van der Waals surface area contributed by atoms with Gasteiger partial charge in [0.1, 0.15) is 5.56 Å². The average molecular weight is 411 g/mol. The van der Waals surface area contributed by atoms with Gasteiger partial charge in [0.05, 0.1) is 10.7 Å². The molecule has 8 nitrogen and oxygen atoms in total. The number of nitrogens with one attached hydrogen (secondary N) is 2. The average Bonchev–Trinajstić information content (AvgIpc) is 2.73. The number of hydrogen-bond acceptors (Lipinski definition) is 6. The number of ether oxygens (including phenoxy) is 1. The van der Waals surface area contributed by atoms with Crippen LogP contribution < -0.4 is 10.6 Å². The van der Waals surface area contributed by atoms with Gasteiger partial charge in [0.2, 0.25) is 5.95 Å². The van der Waals surface area contributed by atoms with Crippen molar-refractivity contribution in [2.24, 2.45) is 0 Å². The smallest absolute Gasteiger partial charge is 0.342 e. The summed E-state index contributed by atoms with van der Waals surface area (Å²) in [6.07, 6.45) is 2.92. The lowest BCUT2D eigenvalue weighted by molar-refractivity contribution is -0.119. The van der Waals surface area contributed by atoms with Crippen LogP contribution in [-0.2, 0) is 9.53 Å². The second-order valence-electron chi connectivity index (χ2n) is 5.68. The van der Waals surface area contributed by atoms with Crippen molar-refractivity contribution in [2.75, 3.05) is 17.2 Å². The molecule has 1 aromatic heterocycles. The molecular formula is C20H15ClN4O4. The van der Waals surface area contributed by atoms with Crippen LogP contribution in [-0.4, -0.2) is 34.4 Å². The monoisotopic (exact) mass is 410 g/mol. The van der Waals surface area contributed by atoms with Crippen molar-refractivity contribution >= 4 is 41.0 Å². The molecule has 0 fully saturated rings. The minimum absolute atomic E-state index is 0.0535. The highest BCUT2D eigenvalue weighted by Crippen LogP contribution is 2.26. The van der Waals surface area contributed by atoms with Crippen molar-refractivity contribution in [3.8, 4) is 0 Å². The van der Waals surface area contributed by atoms with Crippen LogP contribution in [0.25, 0.3) is 0 Å². The third-order valence-corrected chi connectivity index (χ3v) is 3.97. The summed E-state index contributed by atoms with van der Waals surface area (Å²) in [6, 6.07) is 14.7. The maximum absolute atomic E-state index is 12.5. The minimum atomic E-state index is -0.858. The van der Waals surface area contributed by atoms with Gasteiger partial charge in [0.15, 0.2) is 6.61 Å². The molecule has 2 N–H and O–H groups in total. The third-order valence-electron chi connectivity index (χ3n) is 3.65. The van der Waals surface area contributed by atoms with Crippen molar-refractivity contribution < 1.29 is 19.1 Å². The normalized spacial score (nSPS) is 10.1. The van der Waals surface area contributed by atoms with Gasteiger partial charge in [-0.2, -0.15) is 0 Å². The number of esters is 1. The second kappa shape index (κ2) is 9.43. The molecule has 2 amide bonds. The van der Waals surface area contributed by atoms with E-state index in [1.54, 1.807) is 42.5 Å². The molecule has 29 heavy (non-hydrogen) atoms. The molecule has 0 aliphatic carbocycles. The first kappa shape index (κ1) is 20.0. The van der Waals surface area contributed by atoms with E-state index in [0.717, 1.165) is 0 Å². The minimum Gasteiger partial charge on any atom is -0.452 e. The van der Waals surface area contributed by atoms with Crippen LogP contribution in [0.3, 0.4) is 0 Å². The number of carbonyl (C=O) groups is 3. The number of rotatable bonds is 6. The van der Waals surface area contributed by atoms with Crippen LogP contribution in [0.4, 0.5) is 11.6 Å². The number of hydrogen-bond donors (Lipinski definition) is 2. The van der Waals surface area contributed by atoms with Crippen LogP contribution >= 0.6 is 11.6 Å². The molecule has 1 heterocycles. The van der Waals surface area contributed by atoms with E-state index >= 15 is 0 Å². The van der Waals surface area contributed by atoms with Gasteiger partial charge in [-0.05, 0) is 30.3 Å². The first-order chi connectivity index (χ1) is 14.0. The maximum atomic E-state index is 12.5.